The minimum atomic E-state index is -1.10. The van der Waals surface area contributed by atoms with Crippen LogP contribution in [0.1, 0.15) is 11.9 Å². The molecule has 1 aromatic carbocycles. The summed E-state index contributed by atoms with van der Waals surface area (Å²) in [6, 6.07) is 7.45. The fraction of sp³-hybridized carbons (Fsp3) is 0.417. The monoisotopic (exact) mass is 250 g/mol. The molecule has 1 aromatic heterocycles. The number of hydrogen-bond donors (Lipinski definition) is 4. The number of ether oxygens (including phenoxy) is 1. The van der Waals surface area contributed by atoms with Gasteiger partial charge in [0.25, 0.3) is 0 Å². The first-order chi connectivity index (χ1) is 8.70. The highest BCUT2D eigenvalue weighted by molar-refractivity contribution is 5.74. The van der Waals surface area contributed by atoms with E-state index in [1.807, 2.05) is 24.3 Å². The number of aliphatic hydroxyl groups excluding tert-OH is 3. The Hall–Kier alpha value is -1.47. The van der Waals surface area contributed by atoms with Crippen LogP contribution in [-0.2, 0) is 4.74 Å². The number of rotatable bonds is 2. The van der Waals surface area contributed by atoms with Crippen LogP contribution in [0.25, 0.3) is 11.0 Å². The number of nitrogens with one attached hydrogen (secondary N) is 1. The van der Waals surface area contributed by atoms with Crippen LogP contribution in [0.15, 0.2) is 24.3 Å². The molecule has 0 saturated carbocycles. The average molecular weight is 250 g/mol. The standard InChI is InChI=1S/C12H14N2O4/c15-5-8-9(16)10(17)11(18-8)12-13-6-3-1-2-4-7(6)14-12/h1-4,8-11,15-17H,5H2,(H,13,14)/t8-,9-,10+,11-/m0/s1. The van der Waals surface area contributed by atoms with Gasteiger partial charge in [-0.15, -0.1) is 0 Å². The normalized spacial score (nSPS) is 32.2. The molecule has 4 atom stereocenters. The number of aliphatic hydroxyl groups is 3. The quantitative estimate of drug-likeness (QED) is 0.587. The Morgan fingerprint density at radius 2 is 2.00 bits per heavy atom. The second kappa shape index (κ2) is 4.33. The zero-order chi connectivity index (χ0) is 12.7. The summed E-state index contributed by atoms with van der Waals surface area (Å²) in [5.41, 5.74) is 1.61. The van der Waals surface area contributed by atoms with E-state index >= 15 is 0 Å². The third-order valence-electron chi connectivity index (χ3n) is 3.22. The van der Waals surface area contributed by atoms with E-state index < -0.39 is 24.4 Å². The van der Waals surface area contributed by atoms with E-state index in [2.05, 4.69) is 9.97 Å². The number of fused-ring (bicyclic) bond motifs is 1. The predicted molar refractivity (Wildman–Crippen MR) is 62.8 cm³/mol. The third kappa shape index (κ3) is 1.70. The van der Waals surface area contributed by atoms with Gasteiger partial charge in [-0.2, -0.15) is 0 Å². The van der Waals surface area contributed by atoms with Crippen LogP contribution < -0.4 is 0 Å². The van der Waals surface area contributed by atoms with E-state index in [1.54, 1.807) is 0 Å². The third-order valence-corrected chi connectivity index (χ3v) is 3.22. The maximum Gasteiger partial charge on any atom is 0.144 e. The molecule has 0 spiro atoms. The Bertz CT molecular complexity index is 523. The summed E-state index contributed by atoms with van der Waals surface area (Å²) in [5, 5.41) is 28.6. The molecule has 0 bridgehead atoms. The number of para-hydroxylation sites is 2. The summed E-state index contributed by atoms with van der Waals surface area (Å²) in [6.07, 6.45) is -3.72. The zero-order valence-electron chi connectivity index (χ0n) is 9.52. The molecule has 6 heteroatoms. The van der Waals surface area contributed by atoms with Crippen molar-refractivity contribution in [1.82, 2.24) is 9.97 Å². The van der Waals surface area contributed by atoms with Crippen LogP contribution in [0.4, 0.5) is 0 Å². The summed E-state index contributed by atoms with van der Waals surface area (Å²) < 4.78 is 5.41. The zero-order valence-corrected chi connectivity index (χ0v) is 9.52. The molecule has 3 rings (SSSR count). The summed E-state index contributed by atoms with van der Waals surface area (Å²) in [7, 11) is 0. The molecule has 2 heterocycles. The van der Waals surface area contributed by atoms with Gasteiger partial charge in [0.05, 0.1) is 17.6 Å². The van der Waals surface area contributed by atoms with E-state index in [-0.39, 0.29) is 6.61 Å². The molecule has 0 unspecified atom stereocenters. The molecule has 96 valence electrons. The minimum absolute atomic E-state index is 0.338. The van der Waals surface area contributed by atoms with Crippen LogP contribution in [0.2, 0.25) is 0 Å². The second-order valence-electron chi connectivity index (χ2n) is 4.40. The van der Waals surface area contributed by atoms with Gasteiger partial charge in [0.2, 0.25) is 0 Å². The number of imidazole rings is 1. The van der Waals surface area contributed by atoms with Crippen molar-refractivity contribution in [3.05, 3.63) is 30.1 Å². The molecule has 1 saturated heterocycles. The van der Waals surface area contributed by atoms with Crippen molar-refractivity contribution in [2.45, 2.75) is 24.4 Å². The first kappa shape index (κ1) is 11.6. The molecule has 2 aromatic rings. The van der Waals surface area contributed by atoms with Gasteiger partial charge < -0.3 is 25.0 Å². The molecule has 0 radical (unpaired) electrons. The minimum Gasteiger partial charge on any atom is -0.394 e. The van der Waals surface area contributed by atoms with Crippen molar-refractivity contribution in [2.24, 2.45) is 0 Å². The lowest BCUT2D eigenvalue weighted by atomic mass is 10.1. The number of nitrogens with zero attached hydrogens (tertiary/aromatic N) is 1. The maximum absolute atomic E-state index is 9.89. The fourth-order valence-corrected chi connectivity index (χ4v) is 2.23. The predicted octanol–water partition coefficient (Wildman–Crippen LogP) is -0.283. The van der Waals surface area contributed by atoms with Crippen LogP contribution >= 0.6 is 0 Å². The van der Waals surface area contributed by atoms with Crippen molar-refractivity contribution in [3.63, 3.8) is 0 Å². The topological polar surface area (TPSA) is 98.6 Å². The van der Waals surface area contributed by atoms with Gasteiger partial charge >= 0.3 is 0 Å². The Morgan fingerprint density at radius 1 is 1.22 bits per heavy atom. The summed E-state index contributed by atoms with van der Waals surface area (Å²) in [6.45, 7) is -0.338. The first-order valence-electron chi connectivity index (χ1n) is 5.78. The van der Waals surface area contributed by atoms with Crippen molar-refractivity contribution >= 4 is 11.0 Å². The lowest BCUT2D eigenvalue weighted by molar-refractivity contribution is -0.0249. The molecule has 0 amide bonds. The lowest BCUT2D eigenvalue weighted by Crippen LogP contribution is -2.32. The molecule has 18 heavy (non-hydrogen) atoms. The van der Waals surface area contributed by atoms with E-state index in [0.29, 0.717) is 5.82 Å². The van der Waals surface area contributed by atoms with Gasteiger partial charge in [-0.1, -0.05) is 12.1 Å². The van der Waals surface area contributed by atoms with Crippen molar-refractivity contribution < 1.29 is 20.1 Å². The largest absolute Gasteiger partial charge is 0.394 e. The van der Waals surface area contributed by atoms with E-state index in [0.717, 1.165) is 11.0 Å². The van der Waals surface area contributed by atoms with Gasteiger partial charge in [0.15, 0.2) is 0 Å². The molecule has 0 aliphatic carbocycles. The van der Waals surface area contributed by atoms with Crippen LogP contribution in [0, 0.1) is 0 Å². The van der Waals surface area contributed by atoms with Gasteiger partial charge in [-0.3, -0.25) is 0 Å². The SMILES string of the molecule is OC[C@@H]1O[C@H](c2nc3ccccc3[nH]2)[C@H](O)[C@H]1O. The number of aromatic amines is 1. The first-order valence-corrected chi connectivity index (χ1v) is 5.78. The molecule has 1 aliphatic heterocycles. The summed E-state index contributed by atoms with van der Waals surface area (Å²) >= 11 is 0. The van der Waals surface area contributed by atoms with Crippen LogP contribution in [-0.4, -0.2) is 50.2 Å². The second-order valence-corrected chi connectivity index (χ2v) is 4.40. The molecular formula is C12H14N2O4. The maximum atomic E-state index is 9.89. The Labute approximate surface area is 103 Å². The Kier molecular flexibility index (Phi) is 2.79. The highest BCUT2D eigenvalue weighted by Crippen LogP contribution is 2.32. The summed E-state index contributed by atoms with van der Waals surface area (Å²) in [5.74, 6) is 0.457. The van der Waals surface area contributed by atoms with Crippen LogP contribution in [0.3, 0.4) is 0 Å². The smallest absolute Gasteiger partial charge is 0.144 e. The summed E-state index contributed by atoms with van der Waals surface area (Å²) in [4.78, 5) is 7.36. The number of H-pyrrole nitrogens is 1. The lowest BCUT2D eigenvalue weighted by Gasteiger charge is -2.11. The Morgan fingerprint density at radius 3 is 2.67 bits per heavy atom. The molecular weight excluding hydrogens is 236 g/mol. The molecule has 6 nitrogen and oxygen atoms in total. The van der Waals surface area contributed by atoms with E-state index in [1.165, 1.54) is 0 Å². The average Bonchev–Trinajstić information content (AvgIpc) is 2.92. The number of aromatic nitrogens is 2. The van der Waals surface area contributed by atoms with E-state index in [9.17, 15) is 10.2 Å². The highest BCUT2D eigenvalue weighted by Gasteiger charge is 2.44. The highest BCUT2D eigenvalue weighted by atomic mass is 16.6. The van der Waals surface area contributed by atoms with Gasteiger partial charge in [0.1, 0.15) is 30.2 Å². The molecule has 4 N–H and O–H groups in total. The van der Waals surface area contributed by atoms with E-state index in [4.69, 9.17) is 9.84 Å². The van der Waals surface area contributed by atoms with Gasteiger partial charge in [-0.05, 0) is 12.1 Å². The Balaban J connectivity index is 1.95. The van der Waals surface area contributed by atoms with Crippen molar-refractivity contribution in [2.75, 3.05) is 6.61 Å². The fourth-order valence-electron chi connectivity index (χ4n) is 2.23. The van der Waals surface area contributed by atoms with Crippen molar-refractivity contribution in [1.29, 1.82) is 0 Å². The number of hydrogen-bond acceptors (Lipinski definition) is 5. The van der Waals surface area contributed by atoms with Crippen LogP contribution in [0.5, 0.6) is 0 Å². The number of benzene rings is 1. The van der Waals surface area contributed by atoms with Gasteiger partial charge in [-0.25, -0.2) is 4.98 Å². The van der Waals surface area contributed by atoms with Crippen molar-refractivity contribution in [3.8, 4) is 0 Å². The molecule has 1 aliphatic rings. The molecule has 1 fully saturated rings. The van der Waals surface area contributed by atoms with Gasteiger partial charge in [0, 0.05) is 0 Å².